The minimum Gasteiger partial charge on any atom is -0.508 e. The topological polar surface area (TPSA) is 89.8 Å². The fraction of sp³-hybridized carbons (Fsp3) is 0.300. The molecule has 15 heavy (non-hydrogen) atoms. The van der Waals surface area contributed by atoms with Crippen LogP contribution in [0.5, 0.6) is 5.75 Å². The molecule has 0 radical (unpaired) electrons. The number of para-hydroxylation sites is 1. The van der Waals surface area contributed by atoms with Crippen molar-refractivity contribution in [2.24, 2.45) is 0 Å². The minimum atomic E-state index is -1.09. The molecule has 0 bridgehead atoms. The second-order valence-corrected chi connectivity index (χ2v) is 3.01. The van der Waals surface area contributed by atoms with E-state index in [4.69, 9.17) is 10.2 Å². The summed E-state index contributed by atoms with van der Waals surface area (Å²) in [5, 5.41) is 29.6. The maximum atomic E-state index is 10.9. The van der Waals surface area contributed by atoms with Crippen molar-refractivity contribution in [2.45, 2.75) is 6.04 Å². The van der Waals surface area contributed by atoms with E-state index in [1.165, 1.54) is 12.1 Å². The highest BCUT2D eigenvalue weighted by Crippen LogP contribution is 2.23. The summed E-state index contributed by atoms with van der Waals surface area (Å²) in [6, 6.07) is 5.21. The van der Waals surface area contributed by atoms with Gasteiger partial charge in [0.1, 0.15) is 11.8 Å². The van der Waals surface area contributed by atoms with Gasteiger partial charge in [-0.3, -0.25) is 10.1 Å². The molecule has 0 spiro atoms. The van der Waals surface area contributed by atoms with Crippen LogP contribution in [0, 0.1) is 0 Å². The molecule has 5 nitrogen and oxygen atoms in total. The highest BCUT2D eigenvalue weighted by atomic mass is 16.4. The van der Waals surface area contributed by atoms with Crippen molar-refractivity contribution in [3.05, 3.63) is 29.8 Å². The molecular formula is C10H13NO4. The zero-order valence-corrected chi connectivity index (χ0v) is 8.05. The van der Waals surface area contributed by atoms with Crippen molar-refractivity contribution in [3.63, 3.8) is 0 Å². The van der Waals surface area contributed by atoms with Gasteiger partial charge < -0.3 is 15.3 Å². The molecule has 1 atom stereocenters. The first-order valence-corrected chi connectivity index (χ1v) is 4.51. The molecule has 4 N–H and O–H groups in total. The van der Waals surface area contributed by atoms with E-state index in [0.29, 0.717) is 5.56 Å². The summed E-state index contributed by atoms with van der Waals surface area (Å²) in [5.74, 6) is -1.17. The molecule has 0 aliphatic carbocycles. The van der Waals surface area contributed by atoms with Gasteiger partial charge in [-0.15, -0.1) is 0 Å². The largest absolute Gasteiger partial charge is 0.508 e. The smallest absolute Gasteiger partial charge is 0.325 e. The summed E-state index contributed by atoms with van der Waals surface area (Å²) in [7, 11) is 0. The SMILES string of the molecule is O=C(O)C(NCCO)c1ccccc1O. The van der Waals surface area contributed by atoms with Gasteiger partial charge in [-0.25, -0.2) is 0 Å². The number of phenolic OH excluding ortho intramolecular Hbond substituents is 1. The van der Waals surface area contributed by atoms with Crippen LogP contribution in [-0.2, 0) is 4.79 Å². The number of aliphatic carboxylic acids is 1. The Kier molecular flexibility index (Phi) is 4.08. The van der Waals surface area contributed by atoms with E-state index >= 15 is 0 Å². The van der Waals surface area contributed by atoms with Crippen LogP contribution in [0.1, 0.15) is 11.6 Å². The molecule has 0 fully saturated rings. The summed E-state index contributed by atoms with van der Waals surface area (Å²) in [5.41, 5.74) is 0.290. The van der Waals surface area contributed by atoms with Gasteiger partial charge in [0, 0.05) is 12.1 Å². The third-order valence-corrected chi connectivity index (χ3v) is 1.95. The first-order chi connectivity index (χ1) is 7.16. The summed E-state index contributed by atoms with van der Waals surface area (Å²) in [6.07, 6.45) is 0. The van der Waals surface area contributed by atoms with Gasteiger partial charge in [0.2, 0.25) is 0 Å². The van der Waals surface area contributed by atoms with Crippen LogP contribution in [-0.4, -0.2) is 34.4 Å². The number of hydrogen-bond donors (Lipinski definition) is 4. The normalized spacial score (nSPS) is 12.3. The summed E-state index contributed by atoms with van der Waals surface area (Å²) in [6.45, 7) is 0.00266. The zero-order valence-electron chi connectivity index (χ0n) is 8.05. The minimum absolute atomic E-state index is 0.0738. The summed E-state index contributed by atoms with van der Waals surface area (Å²) >= 11 is 0. The van der Waals surface area contributed by atoms with E-state index in [1.54, 1.807) is 12.1 Å². The number of carbonyl (C=O) groups is 1. The molecule has 5 heteroatoms. The van der Waals surface area contributed by atoms with E-state index in [2.05, 4.69) is 5.32 Å². The van der Waals surface area contributed by atoms with Crippen LogP contribution in [0.3, 0.4) is 0 Å². The second-order valence-electron chi connectivity index (χ2n) is 3.01. The average molecular weight is 211 g/mol. The number of aliphatic hydroxyl groups is 1. The lowest BCUT2D eigenvalue weighted by Crippen LogP contribution is -2.30. The third kappa shape index (κ3) is 2.93. The Morgan fingerprint density at radius 1 is 1.40 bits per heavy atom. The van der Waals surface area contributed by atoms with Gasteiger partial charge in [-0.1, -0.05) is 18.2 Å². The van der Waals surface area contributed by atoms with Crippen molar-refractivity contribution in [3.8, 4) is 5.75 Å². The zero-order chi connectivity index (χ0) is 11.3. The number of rotatable bonds is 5. The van der Waals surface area contributed by atoms with Crippen LogP contribution in [0.25, 0.3) is 0 Å². The quantitative estimate of drug-likeness (QED) is 0.554. The van der Waals surface area contributed by atoms with Gasteiger partial charge in [-0.05, 0) is 6.07 Å². The molecule has 0 aliphatic rings. The Hall–Kier alpha value is -1.59. The van der Waals surface area contributed by atoms with Gasteiger partial charge in [0.15, 0.2) is 0 Å². The Labute approximate surface area is 87.0 Å². The fourth-order valence-electron chi connectivity index (χ4n) is 1.27. The molecule has 0 aromatic heterocycles. The van der Waals surface area contributed by atoms with E-state index in [1.807, 2.05) is 0 Å². The number of nitrogens with one attached hydrogen (secondary N) is 1. The predicted molar refractivity (Wildman–Crippen MR) is 53.6 cm³/mol. The number of hydrogen-bond acceptors (Lipinski definition) is 4. The van der Waals surface area contributed by atoms with E-state index in [0.717, 1.165) is 0 Å². The van der Waals surface area contributed by atoms with Gasteiger partial charge >= 0.3 is 5.97 Å². The maximum Gasteiger partial charge on any atom is 0.325 e. The summed E-state index contributed by atoms with van der Waals surface area (Å²) in [4.78, 5) is 10.9. The predicted octanol–water partition coefficient (Wildman–Crippen LogP) is 0.0998. The van der Waals surface area contributed by atoms with Crippen molar-refractivity contribution in [2.75, 3.05) is 13.2 Å². The number of carboxylic acids is 1. The fourth-order valence-corrected chi connectivity index (χ4v) is 1.27. The lowest BCUT2D eigenvalue weighted by atomic mass is 10.1. The van der Waals surface area contributed by atoms with Crippen LogP contribution in [0.2, 0.25) is 0 Å². The first-order valence-electron chi connectivity index (χ1n) is 4.51. The van der Waals surface area contributed by atoms with Crippen LogP contribution in [0.4, 0.5) is 0 Å². The Balaban J connectivity index is 2.89. The molecule has 0 amide bonds. The molecular weight excluding hydrogens is 198 g/mol. The number of phenols is 1. The van der Waals surface area contributed by atoms with E-state index < -0.39 is 12.0 Å². The summed E-state index contributed by atoms with van der Waals surface area (Å²) < 4.78 is 0. The maximum absolute atomic E-state index is 10.9. The number of aliphatic hydroxyl groups excluding tert-OH is 1. The first kappa shape index (κ1) is 11.5. The standard InChI is InChI=1S/C10H13NO4/c12-6-5-11-9(10(14)15)7-3-1-2-4-8(7)13/h1-4,9,11-13H,5-6H2,(H,14,15). The Bertz CT molecular complexity index is 340. The molecule has 82 valence electrons. The van der Waals surface area contributed by atoms with Crippen molar-refractivity contribution in [1.29, 1.82) is 0 Å². The molecule has 1 aromatic rings. The molecule has 0 saturated heterocycles. The Morgan fingerprint density at radius 2 is 2.07 bits per heavy atom. The highest BCUT2D eigenvalue weighted by Gasteiger charge is 2.21. The molecule has 1 rings (SSSR count). The van der Waals surface area contributed by atoms with Crippen molar-refractivity contribution >= 4 is 5.97 Å². The van der Waals surface area contributed by atoms with Crippen LogP contribution >= 0.6 is 0 Å². The van der Waals surface area contributed by atoms with Crippen molar-refractivity contribution in [1.82, 2.24) is 5.32 Å². The van der Waals surface area contributed by atoms with Crippen LogP contribution < -0.4 is 5.32 Å². The molecule has 1 aromatic carbocycles. The lowest BCUT2D eigenvalue weighted by Gasteiger charge is -2.14. The average Bonchev–Trinajstić information content (AvgIpc) is 2.20. The van der Waals surface area contributed by atoms with Gasteiger partial charge in [-0.2, -0.15) is 0 Å². The third-order valence-electron chi connectivity index (χ3n) is 1.95. The molecule has 0 saturated carbocycles. The van der Waals surface area contributed by atoms with E-state index in [9.17, 15) is 9.90 Å². The highest BCUT2D eigenvalue weighted by molar-refractivity contribution is 5.76. The van der Waals surface area contributed by atoms with Crippen LogP contribution in [0.15, 0.2) is 24.3 Å². The number of carboxylic acid groups (broad SMARTS) is 1. The van der Waals surface area contributed by atoms with E-state index in [-0.39, 0.29) is 18.9 Å². The van der Waals surface area contributed by atoms with Gasteiger partial charge in [0.25, 0.3) is 0 Å². The van der Waals surface area contributed by atoms with Gasteiger partial charge in [0.05, 0.1) is 6.61 Å². The Morgan fingerprint density at radius 3 is 2.60 bits per heavy atom. The molecule has 0 aliphatic heterocycles. The number of benzene rings is 1. The lowest BCUT2D eigenvalue weighted by molar-refractivity contribution is -0.139. The second kappa shape index (κ2) is 5.33. The number of aromatic hydroxyl groups is 1. The van der Waals surface area contributed by atoms with Crippen molar-refractivity contribution < 1.29 is 20.1 Å². The monoisotopic (exact) mass is 211 g/mol. The molecule has 1 unspecified atom stereocenters. The molecule has 0 heterocycles.